The van der Waals surface area contributed by atoms with Gasteiger partial charge in [0, 0.05) is 12.1 Å². The molecule has 1 aliphatic rings. The van der Waals surface area contributed by atoms with E-state index in [9.17, 15) is 9.59 Å². The average Bonchev–Trinajstić information content (AvgIpc) is 2.90. The maximum Gasteiger partial charge on any atom is 0.263 e. The van der Waals surface area contributed by atoms with E-state index in [4.69, 9.17) is 5.73 Å². The van der Waals surface area contributed by atoms with Crippen LogP contribution < -0.4 is 10.7 Å². The Morgan fingerprint density at radius 2 is 1.84 bits per heavy atom. The molecule has 1 heterocycles. The van der Waals surface area contributed by atoms with Gasteiger partial charge in [0.15, 0.2) is 5.78 Å². The number of anilines is 2. The summed E-state index contributed by atoms with van der Waals surface area (Å²) in [5, 5.41) is 5.58. The Labute approximate surface area is 147 Å². The SMILES string of the molecule is CCc1cccc(CC(=O)C2C(=O)N(c3ccc(N)cc3)N=C2C)c1. The van der Waals surface area contributed by atoms with Gasteiger partial charge in [-0.05, 0) is 48.7 Å². The lowest BCUT2D eigenvalue weighted by atomic mass is 9.93. The van der Waals surface area contributed by atoms with Crippen LogP contribution in [0.3, 0.4) is 0 Å². The number of nitrogens with zero attached hydrogens (tertiary/aromatic N) is 2. The Balaban J connectivity index is 1.78. The van der Waals surface area contributed by atoms with Crippen LogP contribution in [0.15, 0.2) is 53.6 Å². The molecule has 5 heteroatoms. The van der Waals surface area contributed by atoms with E-state index in [2.05, 4.69) is 12.0 Å². The number of nitrogen functional groups attached to an aromatic ring is 1. The van der Waals surface area contributed by atoms with E-state index >= 15 is 0 Å². The third-order valence-corrected chi connectivity index (χ3v) is 4.37. The summed E-state index contributed by atoms with van der Waals surface area (Å²) in [6, 6.07) is 14.8. The molecule has 0 bridgehead atoms. The second-order valence-corrected chi connectivity index (χ2v) is 6.23. The molecular weight excluding hydrogens is 314 g/mol. The van der Waals surface area contributed by atoms with Crippen molar-refractivity contribution in [2.45, 2.75) is 26.7 Å². The molecule has 2 aromatic carbocycles. The minimum absolute atomic E-state index is 0.127. The fourth-order valence-electron chi connectivity index (χ4n) is 3.00. The first-order valence-corrected chi connectivity index (χ1v) is 8.34. The van der Waals surface area contributed by atoms with Gasteiger partial charge in [-0.2, -0.15) is 10.1 Å². The summed E-state index contributed by atoms with van der Waals surface area (Å²) in [5.74, 6) is -1.25. The summed E-state index contributed by atoms with van der Waals surface area (Å²) in [7, 11) is 0. The van der Waals surface area contributed by atoms with Crippen LogP contribution in [0, 0.1) is 5.92 Å². The highest BCUT2D eigenvalue weighted by atomic mass is 16.2. The van der Waals surface area contributed by atoms with Gasteiger partial charge >= 0.3 is 0 Å². The van der Waals surface area contributed by atoms with E-state index in [1.165, 1.54) is 10.6 Å². The predicted molar refractivity (Wildman–Crippen MR) is 99.5 cm³/mol. The second-order valence-electron chi connectivity index (χ2n) is 6.23. The van der Waals surface area contributed by atoms with Crippen molar-refractivity contribution in [3.63, 3.8) is 0 Å². The fourth-order valence-corrected chi connectivity index (χ4v) is 3.00. The van der Waals surface area contributed by atoms with E-state index in [0.29, 0.717) is 17.1 Å². The van der Waals surface area contributed by atoms with Crippen molar-refractivity contribution in [3.05, 3.63) is 59.7 Å². The number of benzene rings is 2. The lowest BCUT2D eigenvalue weighted by Gasteiger charge is -2.14. The number of aryl methyl sites for hydroxylation is 1. The second kappa shape index (κ2) is 6.89. The van der Waals surface area contributed by atoms with Crippen LogP contribution in [0.25, 0.3) is 0 Å². The summed E-state index contributed by atoms with van der Waals surface area (Å²) in [6.45, 7) is 3.79. The van der Waals surface area contributed by atoms with Gasteiger partial charge in [-0.15, -0.1) is 0 Å². The fraction of sp³-hybridized carbons (Fsp3) is 0.250. The van der Waals surface area contributed by atoms with Crippen LogP contribution in [-0.4, -0.2) is 17.4 Å². The van der Waals surface area contributed by atoms with Crippen LogP contribution >= 0.6 is 0 Å². The molecule has 2 aromatic rings. The number of hydrogen-bond acceptors (Lipinski definition) is 4. The minimum Gasteiger partial charge on any atom is -0.399 e. The summed E-state index contributed by atoms with van der Waals surface area (Å²) in [6.07, 6.45) is 1.14. The minimum atomic E-state index is -0.817. The van der Waals surface area contributed by atoms with Crippen molar-refractivity contribution in [3.8, 4) is 0 Å². The van der Waals surface area contributed by atoms with E-state index in [1.54, 1.807) is 31.2 Å². The van der Waals surface area contributed by atoms with Crippen LogP contribution in [-0.2, 0) is 22.4 Å². The number of amides is 1. The average molecular weight is 335 g/mol. The van der Waals surface area contributed by atoms with Gasteiger partial charge in [0.2, 0.25) is 0 Å². The van der Waals surface area contributed by atoms with E-state index in [-0.39, 0.29) is 18.1 Å². The molecule has 0 radical (unpaired) electrons. The van der Waals surface area contributed by atoms with Gasteiger partial charge in [-0.3, -0.25) is 9.59 Å². The molecule has 3 rings (SSSR count). The highest BCUT2D eigenvalue weighted by molar-refractivity contribution is 6.27. The number of carbonyl (C=O) groups is 2. The highest BCUT2D eigenvalue weighted by Gasteiger charge is 2.39. The van der Waals surface area contributed by atoms with Crippen molar-refractivity contribution >= 4 is 28.8 Å². The molecule has 0 spiro atoms. The quantitative estimate of drug-likeness (QED) is 0.674. The molecule has 0 saturated carbocycles. The molecule has 128 valence electrons. The van der Waals surface area contributed by atoms with E-state index < -0.39 is 5.92 Å². The van der Waals surface area contributed by atoms with Gasteiger partial charge in [0.05, 0.1) is 11.4 Å². The Kier molecular flexibility index (Phi) is 4.65. The Morgan fingerprint density at radius 1 is 1.16 bits per heavy atom. The smallest absolute Gasteiger partial charge is 0.263 e. The van der Waals surface area contributed by atoms with E-state index in [1.807, 2.05) is 24.3 Å². The number of carbonyl (C=O) groups excluding carboxylic acids is 2. The normalized spacial score (nSPS) is 16.9. The van der Waals surface area contributed by atoms with Crippen LogP contribution in [0.1, 0.15) is 25.0 Å². The molecule has 1 atom stereocenters. The molecule has 0 saturated heterocycles. The molecule has 0 fully saturated rings. The van der Waals surface area contributed by atoms with Crippen LogP contribution in [0.2, 0.25) is 0 Å². The van der Waals surface area contributed by atoms with Gasteiger partial charge in [0.1, 0.15) is 5.92 Å². The number of rotatable bonds is 5. The van der Waals surface area contributed by atoms with Gasteiger partial charge in [0.25, 0.3) is 5.91 Å². The van der Waals surface area contributed by atoms with Gasteiger partial charge in [-0.1, -0.05) is 31.2 Å². The number of ketones is 1. The summed E-state index contributed by atoms with van der Waals surface area (Å²) in [4.78, 5) is 25.4. The maximum absolute atomic E-state index is 12.7. The predicted octanol–water partition coefficient (Wildman–Crippen LogP) is 2.98. The largest absolute Gasteiger partial charge is 0.399 e. The molecule has 2 N–H and O–H groups in total. The zero-order chi connectivity index (χ0) is 18.0. The molecule has 1 unspecified atom stereocenters. The monoisotopic (exact) mass is 335 g/mol. The van der Waals surface area contributed by atoms with Gasteiger partial charge < -0.3 is 5.73 Å². The molecular formula is C20H21N3O2. The number of hydrogen-bond donors (Lipinski definition) is 1. The van der Waals surface area contributed by atoms with Crippen molar-refractivity contribution in [1.29, 1.82) is 0 Å². The zero-order valence-corrected chi connectivity index (χ0v) is 14.4. The van der Waals surface area contributed by atoms with Crippen molar-refractivity contribution in [2.24, 2.45) is 11.0 Å². The molecule has 0 aromatic heterocycles. The zero-order valence-electron chi connectivity index (χ0n) is 14.4. The first-order valence-electron chi connectivity index (χ1n) is 8.34. The number of nitrogens with two attached hydrogens (primary N) is 1. The molecule has 5 nitrogen and oxygen atoms in total. The Bertz CT molecular complexity index is 840. The molecule has 25 heavy (non-hydrogen) atoms. The first-order chi connectivity index (χ1) is 12.0. The standard InChI is InChI=1S/C20H21N3O2/c1-3-14-5-4-6-15(11-14)12-18(24)19-13(2)22-23(20(19)25)17-9-7-16(21)8-10-17/h4-11,19H,3,12,21H2,1-2H3. The summed E-state index contributed by atoms with van der Waals surface area (Å²) < 4.78 is 0. The molecule has 1 aliphatic heterocycles. The lowest BCUT2D eigenvalue weighted by molar-refractivity contribution is -0.128. The Morgan fingerprint density at radius 3 is 2.52 bits per heavy atom. The van der Waals surface area contributed by atoms with E-state index in [0.717, 1.165) is 12.0 Å². The Hall–Kier alpha value is -2.95. The van der Waals surface area contributed by atoms with Crippen LogP contribution in [0.4, 0.5) is 11.4 Å². The van der Waals surface area contributed by atoms with Crippen molar-refractivity contribution in [1.82, 2.24) is 0 Å². The molecule has 0 aliphatic carbocycles. The number of hydrazone groups is 1. The third kappa shape index (κ3) is 3.45. The summed E-state index contributed by atoms with van der Waals surface area (Å²) >= 11 is 0. The first kappa shape index (κ1) is 16.9. The summed E-state index contributed by atoms with van der Waals surface area (Å²) in [5.41, 5.74) is 9.53. The molecule has 1 amide bonds. The topological polar surface area (TPSA) is 75.8 Å². The van der Waals surface area contributed by atoms with Crippen molar-refractivity contribution < 1.29 is 9.59 Å². The lowest BCUT2D eigenvalue weighted by Crippen LogP contribution is -2.33. The van der Waals surface area contributed by atoms with Crippen molar-refractivity contribution in [2.75, 3.05) is 10.7 Å². The van der Waals surface area contributed by atoms with Crippen LogP contribution in [0.5, 0.6) is 0 Å². The number of Topliss-reactive ketones (excluding diaryl/α,β-unsaturated/α-hetero) is 1. The maximum atomic E-state index is 12.7. The van der Waals surface area contributed by atoms with Gasteiger partial charge in [-0.25, -0.2) is 0 Å². The third-order valence-electron chi connectivity index (χ3n) is 4.37. The highest BCUT2D eigenvalue weighted by Crippen LogP contribution is 2.26.